The summed E-state index contributed by atoms with van der Waals surface area (Å²) in [4.78, 5) is 6.90. The van der Waals surface area contributed by atoms with Gasteiger partial charge in [0.1, 0.15) is 0 Å². The van der Waals surface area contributed by atoms with E-state index in [0.717, 1.165) is 38.4 Å². The molecule has 0 fully saturated rings. The molecule has 0 aliphatic rings. The monoisotopic (exact) mass is 455 g/mol. The van der Waals surface area contributed by atoms with E-state index in [1.54, 1.807) is 0 Å². The Morgan fingerprint density at radius 1 is 1.16 bits per heavy atom. The van der Waals surface area contributed by atoms with E-state index >= 15 is 0 Å². The van der Waals surface area contributed by atoms with Gasteiger partial charge >= 0.3 is 0 Å². The molecule has 6 heteroatoms. The summed E-state index contributed by atoms with van der Waals surface area (Å²) in [5.41, 5.74) is 3.90. The van der Waals surface area contributed by atoms with E-state index in [9.17, 15) is 0 Å². The lowest BCUT2D eigenvalue weighted by molar-refractivity contribution is 0.477. The smallest absolute Gasteiger partial charge is 0.193 e. The highest BCUT2D eigenvalue weighted by atomic mass is 127. The third kappa shape index (κ3) is 7.05. The van der Waals surface area contributed by atoms with Gasteiger partial charge in [0.25, 0.3) is 0 Å². The van der Waals surface area contributed by atoms with Crippen LogP contribution in [-0.4, -0.2) is 40.8 Å². The molecule has 0 aliphatic carbocycles. The number of rotatable bonds is 7. The first-order valence-electron chi connectivity index (χ1n) is 8.67. The second-order valence-electron chi connectivity index (χ2n) is 6.03. The Morgan fingerprint density at radius 2 is 1.84 bits per heavy atom. The van der Waals surface area contributed by atoms with Crippen LogP contribution in [0.4, 0.5) is 0 Å². The molecule has 0 saturated carbocycles. The van der Waals surface area contributed by atoms with Crippen LogP contribution in [-0.2, 0) is 26.4 Å². The van der Waals surface area contributed by atoms with E-state index in [1.165, 1.54) is 16.7 Å². The van der Waals surface area contributed by atoms with Crippen LogP contribution in [0.5, 0.6) is 0 Å². The summed E-state index contributed by atoms with van der Waals surface area (Å²) in [5, 5.41) is 7.58. The van der Waals surface area contributed by atoms with Crippen LogP contribution in [0, 0.1) is 0 Å². The first-order chi connectivity index (χ1) is 11.6. The second-order valence-corrected chi connectivity index (χ2v) is 6.03. The van der Waals surface area contributed by atoms with Crippen molar-refractivity contribution >= 4 is 29.9 Å². The maximum absolute atomic E-state index is 4.76. The van der Waals surface area contributed by atoms with Gasteiger partial charge in [-0.15, -0.1) is 24.0 Å². The van der Waals surface area contributed by atoms with Gasteiger partial charge in [0, 0.05) is 45.5 Å². The fourth-order valence-corrected chi connectivity index (χ4v) is 2.60. The summed E-state index contributed by atoms with van der Waals surface area (Å²) >= 11 is 0. The molecule has 2 rings (SSSR count). The van der Waals surface area contributed by atoms with E-state index < -0.39 is 0 Å². The Hall–Kier alpha value is -1.57. The van der Waals surface area contributed by atoms with Crippen LogP contribution in [0.3, 0.4) is 0 Å². The zero-order valence-electron chi connectivity index (χ0n) is 15.7. The van der Waals surface area contributed by atoms with Gasteiger partial charge in [-0.05, 0) is 30.9 Å². The largest absolute Gasteiger partial charge is 0.357 e. The number of aliphatic imine (C=N–C) groups is 1. The van der Waals surface area contributed by atoms with Crippen molar-refractivity contribution in [3.05, 3.63) is 53.3 Å². The summed E-state index contributed by atoms with van der Waals surface area (Å²) in [7, 11) is 4.00. The lowest BCUT2D eigenvalue weighted by Gasteiger charge is -2.21. The highest BCUT2D eigenvalue weighted by Crippen LogP contribution is 2.06. The summed E-state index contributed by atoms with van der Waals surface area (Å²) in [5.74, 6) is 0.937. The molecule has 0 spiro atoms. The summed E-state index contributed by atoms with van der Waals surface area (Å²) < 4.78 is 1.83. The van der Waals surface area contributed by atoms with Gasteiger partial charge in [-0.1, -0.05) is 31.2 Å². The van der Waals surface area contributed by atoms with Crippen LogP contribution in [0.15, 0.2) is 41.7 Å². The van der Waals surface area contributed by atoms with Crippen molar-refractivity contribution in [1.29, 1.82) is 0 Å². The number of halogens is 1. The van der Waals surface area contributed by atoms with Crippen molar-refractivity contribution in [2.75, 3.05) is 20.1 Å². The maximum atomic E-state index is 4.76. The Morgan fingerprint density at radius 3 is 2.40 bits per heavy atom. The normalized spacial score (nSPS) is 11.1. The molecule has 5 nitrogen and oxygen atoms in total. The molecule has 1 heterocycles. The van der Waals surface area contributed by atoms with E-state index in [4.69, 9.17) is 4.99 Å². The van der Waals surface area contributed by atoms with Gasteiger partial charge in [0.15, 0.2) is 5.96 Å². The molecule has 0 amide bonds. The average Bonchev–Trinajstić information content (AvgIpc) is 2.99. The lowest BCUT2D eigenvalue weighted by atomic mass is 10.1. The highest BCUT2D eigenvalue weighted by molar-refractivity contribution is 14.0. The molecule has 1 N–H and O–H groups in total. The van der Waals surface area contributed by atoms with E-state index in [0.29, 0.717) is 0 Å². The Kier molecular flexibility index (Phi) is 9.55. The van der Waals surface area contributed by atoms with Crippen LogP contribution < -0.4 is 5.32 Å². The molecule has 1 aromatic carbocycles. The molecule has 0 bridgehead atoms. The fourth-order valence-electron chi connectivity index (χ4n) is 2.60. The number of nitrogens with one attached hydrogen (secondary N) is 1. The minimum atomic E-state index is 0. The lowest BCUT2D eigenvalue weighted by Crippen LogP contribution is -2.38. The number of hydrogen-bond acceptors (Lipinski definition) is 2. The molecule has 0 saturated heterocycles. The van der Waals surface area contributed by atoms with Crippen LogP contribution >= 0.6 is 24.0 Å². The zero-order valence-corrected chi connectivity index (χ0v) is 18.0. The summed E-state index contributed by atoms with van der Waals surface area (Å²) in [6.45, 7) is 6.72. The molecule has 25 heavy (non-hydrogen) atoms. The van der Waals surface area contributed by atoms with Crippen molar-refractivity contribution in [2.45, 2.75) is 33.2 Å². The Balaban J connectivity index is 0.00000312. The van der Waals surface area contributed by atoms with E-state index in [-0.39, 0.29) is 24.0 Å². The van der Waals surface area contributed by atoms with Crippen molar-refractivity contribution in [2.24, 2.45) is 12.0 Å². The molecule has 0 atom stereocenters. The zero-order chi connectivity index (χ0) is 17.4. The first kappa shape index (κ1) is 21.5. The molecule has 0 unspecified atom stereocenters. The number of nitrogens with zero attached hydrogens (tertiary/aromatic N) is 4. The van der Waals surface area contributed by atoms with Gasteiger partial charge in [0.2, 0.25) is 0 Å². The third-order valence-electron chi connectivity index (χ3n) is 3.97. The highest BCUT2D eigenvalue weighted by Gasteiger charge is 2.07. The summed E-state index contributed by atoms with van der Waals surface area (Å²) in [6.07, 6.45) is 5.98. The molecule has 138 valence electrons. The van der Waals surface area contributed by atoms with E-state index in [1.807, 2.05) is 24.1 Å². The minimum Gasteiger partial charge on any atom is -0.357 e. The van der Waals surface area contributed by atoms with Crippen molar-refractivity contribution in [1.82, 2.24) is 20.0 Å². The quantitative estimate of drug-likeness (QED) is 0.396. The predicted octanol–water partition coefficient (Wildman–Crippen LogP) is 3.24. The minimum absolute atomic E-state index is 0. The topological polar surface area (TPSA) is 45.5 Å². The number of aromatic nitrogens is 2. The Labute approximate surface area is 168 Å². The number of aryl methyl sites for hydroxylation is 2. The molecule has 2 aromatic rings. The van der Waals surface area contributed by atoms with Gasteiger partial charge < -0.3 is 10.2 Å². The van der Waals surface area contributed by atoms with Crippen LogP contribution in [0.1, 0.15) is 30.5 Å². The van der Waals surface area contributed by atoms with E-state index in [2.05, 4.69) is 60.5 Å². The van der Waals surface area contributed by atoms with Gasteiger partial charge in [-0.25, -0.2) is 0 Å². The van der Waals surface area contributed by atoms with Gasteiger partial charge in [0.05, 0.1) is 6.20 Å². The van der Waals surface area contributed by atoms with Crippen LogP contribution in [0.25, 0.3) is 0 Å². The number of benzene rings is 1. The average molecular weight is 455 g/mol. The maximum Gasteiger partial charge on any atom is 0.193 e. The van der Waals surface area contributed by atoms with Crippen molar-refractivity contribution in [3.8, 4) is 0 Å². The molecule has 0 aliphatic heterocycles. The molecule has 1 aromatic heterocycles. The fraction of sp³-hybridized carbons (Fsp3) is 0.474. The van der Waals surface area contributed by atoms with Gasteiger partial charge in [-0.2, -0.15) is 5.10 Å². The van der Waals surface area contributed by atoms with Crippen LogP contribution in [0.2, 0.25) is 0 Å². The summed E-state index contributed by atoms with van der Waals surface area (Å²) in [6, 6.07) is 8.83. The van der Waals surface area contributed by atoms with Crippen molar-refractivity contribution < 1.29 is 0 Å². The molecule has 0 radical (unpaired) electrons. The molecular weight excluding hydrogens is 425 g/mol. The van der Waals surface area contributed by atoms with Crippen molar-refractivity contribution in [3.63, 3.8) is 0 Å². The van der Waals surface area contributed by atoms with Gasteiger partial charge in [-0.3, -0.25) is 9.67 Å². The second kappa shape index (κ2) is 11.1. The standard InChI is InChI=1S/C19H29N5.HI/c1-5-16-7-9-17(10-8-16)11-12-21-19(20-6-2)23(3)14-18-13-22-24(4)15-18;/h7-10,13,15H,5-6,11-12,14H2,1-4H3,(H,20,21);1H. The SMILES string of the molecule is CCNC(=NCCc1ccc(CC)cc1)N(C)Cc1cnn(C)c1.I. The molecular formula is C19H30IN5. The predicted molar refractivity (Wildman–Crippen MR) is 116 cm³/mol. The number of hydrogen-bond donors (Lipinski definition) is 1. The Bertz CT molecular complexity index is 648. The number of guanidine groups is 1. The third-order valence-corrected chi connectivity index (χ3v) is 3.97. The first-order valence-corrected chi connectivity index (χ1v) is 8.67.